The van der Waals surface area contributed by atoms with Gasteiger partial charge in [-0.3, -0.25) is 4.40 Å². The van der Waals surface area contributed by atoms with Crippen LogP contribution in [0.25, 0.3) is 5.65 Å². The summed E-state index contributed by atoms with van der Waals surface area (Å²) in [5, 5.41) is 9.20. The van der Waals surface area contributed by atoms with Gasteiger partial charge in [0.25, 0.3) is 0 Å². The van der Waals surface area contributed by atoms with Crippen LogP contribution in [0, 0.1) is 0 Å². The number of hydrogen-bond donors (Lipinski definition) is 1. The van der Waals surface area contributed by atoms with Crippen LogP contribution >= 0.6 is 11.8 Å². The van der Waals surface area contributed by atoms with Crippen LogP contribution in [0.4, 0.5) is 0 Å². The molecule has 5 heteroatoms. The molecule has 2 heterocycles. The summed E-state index contributed by atoms with van der Waals surface area (Å²) in [7, 11) is 0. The lowest BCUT2D eigenvalue weighted by Crippen LogP contribution is -2.04. The molecule has 4 nitrogen and oxygen atoms in total. The Labute approximate surface area is 115 Å². The average Bonchev–Trinajstić information content (AvgIpc) is 2.83. The highest BCUT2D eigenvalue weighted by Gasteiger charge is 2.07. The van der Waals surface area contributed by atoms with Crippen molar-refractivity contribution in [1.29, 1.82) is 0 Å². The van der Waals surface area contributed by atoms with Crippen molar-refractivity contribution in [2.24, 2.45) is 5.73 Å². The first kappa shape index (κ1) is 12.2. The van der Waals surface area contributed by atoms with Gasteiger partial charge in [0.05, 0.1) is 0 Å². The monoisotopic (exact) mass is 270 g/mol. The summed E-state index contributed by atoms with van der Waals surface area (Å²) in [6.07, 6.45) is 1.97. The lowest BCUT2D eigenvalue weighted by Gasteiger charge is -2.06. The largest absolute Gasteiger partial charge is 0.324 e. The first-order chi connectivity index (χ1) is 9.24. The molecule has 0 aliphatic heterocycles. The van der Waals surface area contributed by atoms with Crippen LogP contribution in [0.2, 0.25) is 0 Å². The van der Waals surface area contributed by atoms with Crippen LogP contribution in [0.5, 0.6) is 0 Å². The summed E-state index contributed by atoms with van der Waals surface area (Å²) in [5.74, 6) is 0. The van der Waals surface area contributed by atoms with Gasteiger partial charge in [0.15, 0.2) is 10.8 Å². The van der Waals surface area contributed by atoms with Crippen molar-refractivity contribution in [3.8, 4) is 0 Å². The Morgan fingerprint density at radius 1 is 1.11 bits per heavy atom. The number of benzene rings is 1. The molecular formula is C14H14N4S. The van der Waals surface area contributed by atoms with Gasteiger partial charge in [-0.25, -0.2) is 0 Å². The van der Waals surface area contributed by atoms with Crippen LogP contribution in [0.15, 0.2) is 58.7 Å². The van der Waals surface area contributed by atoms with Crippen molar-refractivity contribution < 1.29 is 0 Å². The summed E-state index contributed by atoms with van der Waals surface area (Å²) >= 11 is 1.59. The van der Waals surface area contributed by atoms with Gasteiger partial charge in [0.2, 0.25) is 0 Å². The van der Waals surface area contributed by atoms with Crippen molar-refractivity contribution in [3.05, 3.63) is 54.2 Å². The van der Waals surface area contributed by atoms with Crippen LogP contribution in [0.1, 0.15) is 18.5 Å². The van der Waals surface area contributed by atoms with E-state index in [9.17, 15) is 0 Å². The van der Waals surface area contributed by atoms with Crippen molar-refractivity contribution >= 4 is 17.4 Å². The van der Waals surface area contributed by atoms with E-state index in [1.165, 1.54) is 0 Å². The maximum Gasteiger partial charge on any atom is 0.200 e. The first-order valence-electron chi connectivity index (χ1n) is 6.07. The van der Waals surface area contributed by atoms with Crippen molar-refractivity contribution in [2.45, 2.75) is 23.0 Å². The Morgan fingerprint density at radius 3 is 2.63 bits per heavy atom. The molecule has 19 heavy (non-hydrogen) atoms. The van der Waals surface area contributed by atoms with Crippen LogP contribution in [0.3, 0.4) is 0 Å². The molecular weight excluding hydrogens is 256 g/mol. The first-order valence-corrected chi connectivity index (χ1v) is 6.89. The Bertz CT molecular complexity index is 688. The fourth-order valence-corrected chi connectivity index (χ4v) is 2.65. The molecule has 0 radical (unpaired) electrons. The SMILES string of the molecule is C[C@H](N)c1ccc(Sc2nnc3ccccn23)cc1. The van der Waals surface area contributed by atoms with Crippen molar-refractivity contribution in [3.63, 3.8) is 0 Å². The number of nitrogens with two attached hydrogens (primary N) is 1. The van der Waals surface area contributed by atoms with E-state index in [1.807, 2.05) is 35.7 Å². The minimum absolute atomic E-state index is 0.0629. The van der Waals surface area contributed by atoms with Gasteiger partial charge in [-0.15, -0.1) is 10.2 Å². The second kappa shape index (κ2) is 5.03. The van der Waals surface area contributed by atoms with Gasteiger partial charge in [-0.05, 0) is 48.5 Å². The normalized spacial score (nSPS) is 12.7. The zero-order valence-electron chi connectivity index (χ0n) is 10.5. The third kappa shape index (κ3) is 2.47. The summed E-state index contributed by atoms with van der Waals surface area (Å²) in [6, 6.07) is 14.2. The number of hydrogen-bond acceptors (Lipinski definition) is 4. The minimum Gasteiger partial charge on any atom is -0.324 e. The van der Waals surface area contributed by atoms with E-state index < -0.39 is 0 Å². The Kier molecular flexibility index (Phi) is 3.23. The zero-order valence-corrected chi connectivity index (χ0v) is 11.3. The Morgan fingerprint density at radius 2 is 1.89 bits per heavy atom. The highest BCUT2D eigenvalue weighted by atomic mass is 32.2. The molecule has 96 valence electrons. The predicted molar refractivity (Wildman–Crippen MR) is 76.2 cm³/mol. The van der Waals surface area contributed by atoms with E-state index >= 15 is 0 Å². The molecule has 0 amide bonds. The predicted octanol–water partition coefficient (Wildman–Crippen LogP) is 2.90. The third-order valence-corrected chi connectivity index (χ3v) is 3.87. The molecule has 3 rings (SSSR count). The van der Waals surface area contributed by atoms with E-state index in [1.54, 1.807) is 11.8 Å². The number of nitrogens with zero attached hydrogens (tertiary/aromatic N) is 3. The van der Waals surface area contributed by atoms with Gasteiger partial charge >= 0.3 is 0 Å². The molecule has 2 aromatic heterocycles. The van der Waals surface area contributed by atoms with Crippen LogP contribution < -0.4 is 5.73 Å². The fraction of sp³-hybridized carbons (Fsp3) is 0.143. The lowest BCUT2D eigenvalue weighted by molar-refractivity contribution is 0.817. The smallest absolute Gasteiger partial charge is 0.200 e. The number of fused-ring (bicyclic) bond motifs is 1. The van der Waals surface area contributed by atoms with Gasteiger partial charge < -0.3 is 5.73 Å². The maximum atomic E-state index is 5.84. The third-order valence-electron chi connectivity index (χ3n) is 2.90. The molecule has 2 N–H and O–H groups in total. The summed E-state index contributed by atoms with van der Waals surface area (Å²) in [4.78, 5) is 1.13. The fourth-order valence-electron chi connectivity index (χ4n) is 1.83. The van der Waals surface area contributed by atoms with E-state index in [0.717, 1.165) is 21.3 Å². The van der Waals surface area contributed by atoms with Crippen molar-refractivity contribution in [2.75, 3.05) is 0 Å². The summed E-state index contributed by atoms with van der Waals surface area (Å²) in [6.45, 7) is 1.98. The van der Waals surface area contributed by atoms with E-state index in [0.29, 0.717) is 0 Å². The number of aromatic nitrogens is 3. The lowest BCUT2D eigenvalue weighted by atomic mass is 10.1. The van der Waals surface area contributed by atoms with Crippen LogP contribution in [-0.4, -0.2) is 14.6 Å². The van der Waals surface area contributed by atoms with Crippen LogP contribution in [-0.2, 0) is 0 Å². The Balaban J connectivity index is 1.88. The van der Waals surface area contributed by atoms with Gasteiger partial charge in [0.1, 0.15) is 0 Å². The van der Waals surface area contributed by atoms with Gasteiger partial charge in [0, 0.05) is 17.1 Å². The molecule has 0 saturated carbocycles. The molecule has 0 unspecified atom stereocenters. The molecule has 1 atom stereocenters. The highest BCUT2D eigenvalue weighted by Crippen LogP contribution is 2.27. The second-order valence-electron chi connectivity index (χ2n) is 4.37. The van der Waals surface area contributed by atoms with Crippen molar-refractivity contribution in [1.82, 2.24) is 14.6 Å². The molecule has 1 aromatic carbocycles. The standard InChI is InChI=1S/C14H14N4S/c1-10(15)11-5-7-12(8-6-11)19-14-17-16-13-4-2-3-9-18(13)14/h2-10H,15H2,1H3/t10-/m0/s1. The zero-order chi connectivity index (χ0) is 13.2. The molecule has 0 aliphatic rings. The topological polar surface area (TPSA) is 56.2 Å². The van der Waals surface area contributed by atoms with Gasteiger partial charge in [-0.1, -0.05) is 18.2 Å². The van der Waals surface area contributed by atoms with E-state index in [4.69, 9.17) is 5.73 Å². The number of pyridine rings is 1. The average molecular weight is 270 g/mol. The van der Waals surface area contributed by atoms with E-state index in [2.05, 4.69) is 34.5 Å². The Hall–Kier alpha value is -1.85. The minimum atomic E-state index is 0.0629. The summed E-state index contributed by atoms with van der Waals surface area (Å²) < 4.78 is 1.98. The highest BCUT2D eigenvalue weighted by molar-refractivity contribution is 7.99. The maximum absolute atomic E-state index is 5.84. The molecule has 3 aromatic rings. The molecule has 0 aliphatic carbocycles. The molecule has 0 saturated heterocycles. The van der Waals surface area contributed by atoms with Gasteiger partial charge in [-0.2, -0.15) is 0 Å². The summed E-state index contributed by atoms with van der Waals surface area (Å²) in [5.41, 5.74) is 7.83. The molecule has 0 bridgehead atoms. The number of rotatable bonds is 3. The molecule has 0 spiro atoms. The second-order valence-corrected chi connectivity index (χ2v) is 5.41. The molecule has 0 fully saturated rings. The van der Waals surface area contributed by atoms with E-state index in [-0.39, 0.29) is 6.04 Å². The quantitative estimate of drug-likeness (QED) is 0.795.